The molecule has 17 heavy (non-hydrogen) atoms. The van der Waals surface area contributed by atoms with Crippen LogP contribution in [0, 0.1) is 5.41 Å². The van der Waals surface area contributed by atoms with Crippen LogP contribution in [0.3, 0.4) is 0 Å². The zero-order valence-electron chi connectivity index (χ0n) is 10.5. The summed E-state index contributed by atoms with van der Waals surface area (Å²) in [5, 5.41) is 12.7. The summed E-state index contributed by atoms with van der Waals surface area (Å²) in [4.78, 5) is 0. The predicted molar refractivity (Wildman–Crippen MR) is 66.2 cm³/mol. The Kier molecular flexibility index (Phi) is 3.51. The summed E-state index contributed by atoms with van der Waals surface area (Å²) in [7, 11) is -3.20. The molecule has 5 nitrogen and oxygen atoms in total. The number of hydrogen-bond acceptors (Lipinski definition) is 4. The fraction of sp³-hybridized carbons (Fsp3) is 1.00. The summed E-state index contributed by atoms with van der Waals surface area (Å²) in [5.41, 5.74) is -0.350. The van der Waals surface area contributed by atoms with Gasteiger partial charge in [0.2, 0.25) is 10.0 Å². The van der Waals surface area contributed by atoms with E-state index in [0.717, 1.165) is 6.54 Å². The summed E-state index contributed by atoms with van der Waals surface area (Å²) in [5.74, 6) is 0. The highest BCUT2D eigenvalue weighted by molar-refractivity contribution is 7.89. The molecule has 0 aromatic rings. The van der Waals surface area contributed by atoms with E-state index in [2.05, 4.69) is 5.32 Å². The van der Waals surface area contributed by atoms with Gasteiger partial charge in [-0.15, -0.1) is 0 Å². The molecule has 2 rings (SSSR count). The minimum absolute atomic E-state index is 0.284. The molecule has 0 aliphatic carbocycles. The van der Waals surface area contributed by atoms with Crippen LogP contribution < -0.4 is 5.32 Å². The van der Waals surface area contributed by atoms with Gasteiger partial charge in [-0.05, 0) is 19.4 Å². The highest BCUT2D eigenvalue weighted by Crippen LogP contribution is 2.32. The first-order chi connectivity index (χ1) is 7.84. The van der Waals surface area contributed by atoms with Crippen molar-refractivity contribution in [3.8, 4) is 0 Å². The van der Waals surface area contributed by atoms with Gasteiger partial charge in [-0.1, -0.05) is 13.8 Å². The summed E-state index contributed by atoms with van der Waals surface area (Å²) >= 11 is 0. The van der Waals surface area contributed by atoms with E-state index in [1.165, 1.54) is 0 Å². The van der Waals surface area contributed by atoms with Gasteiger partial charge in [0, 0.05) is 25.0 Å². The van der Waals surface area contributed by atoms with Gasteiger partial charge in [0.25, 0.3) is 0 Å². The molecular weight excluding hydrogens is 240 g/mol. The molecule has 2 aliphatic rings. The minimum Gasteiger partial charge on any atom is -0.392 e. The number of rotatable bonds is 2. The first-order valence-electron chi connectivity index (χ1n) is 6.22. The van der Waals surface area contributed by atoms with Crippen molar-refractivity contribution >= 4 is 10.0 Å². The summed E-state index contributed by atoms with van der Waals surface area (Å²) in [6.07, 6.45) is 0.824. The molecule has 100 valence electrons. The molecule has 0 bridgehead atoms. The Hall–Kier alpha value is -0.170. The highest BCUT2D eigenvalue weighted by Gasteiger charge is 2.42. The van der Waals surface area contributed by atoms with Crippen LogP contribution in [0.1, 0.15) is 26.7 Å². The molecule has 2 aliphatic heterocycles. The average Bonchev–Trinajstić information content (AvgIpc) is 2.75. The van der Waals surface area contributed by atoms with Gasteiger partial charge in [-0.25, -0.2) is 12.7 Å². The lowest BCUT2D eigenvalue weighted by Crippen LogP contribution is -2.53. The number of nitrogens with zero attached hydrogens (tertiary/aromatic N) is 1. The average molecular weight is 262 g/mol. The molecule has 0 spiro atoms. The lowest BCUT2D eigenvalue weighted by Gasteiger charge is -2.41. The fourth-order valence-corrected chi connectivity index (χ4v) is 4.64. The van der Waals surface area contributed by atoms with Crippen molar-refractivity contribution in [1.82, 2.24) is 9.62 Å². The van der Waals surface area contributed by atoms with Crippen molar-refractivity contribution in [3.63, 3.8) is 0 Å². The molecule has 0 amide bonds. The Bertz CT molecular complexity index is 374. The molecule has 2 atom stereocenters. The molecule has 2 heterocycles. The molecular formula is C11H22N2O3S. The van der Waals surface area contributed by atoms with Gasteiger partial charge in [-0.2, -0.15) is 0 Å². The monoisotopic (exact) mass is 262 g/mol. The van der Waals surface area contributed by atoms with E-state index >= 15 is 0 Å². The third-order valence-electron chi connectivity index (χ3n) is 3.93. The maximum atomic E-state index is 12.4. The van der Waals surface area contributed by atoms with E-state index in [9.17, 15) is 13.5 Å². The van der Waals surface area contributed by atoms with Crippen molar-refractivity contribution in [1.29, 1.82) is 0 Å². The van der Waals surface area contributed by atoms with Crippen molar-refractivity contribution in [2.75, 3.05) is 26.2 Å². The Morgan fingerprint density at radius 1 is 1.35 bits per heavy atom. The van der Waals surface area contributed by atoms with E-state index < -0.39 is 16.1 Å². The van der Waals surface area contributed by atoms with Crippen LogP contribution in [-0.2, 0) is 10.0 Å². The molecule has 6 heteroatoms. The molecule has 0 saturated carbocycles. The molecule has 0 radical (unpaired) electrons. The van der Waals surface area contributed by atoms with E-state index in [-0.39, 0.29) is 10.7 Å². The standard InChI is InChI=1S/C11H22N2O3S/c1-11(2)8-13(6-4-10(11)14)17(15,16)9-3-5-12-7-9/h9-10,12,14H,3-8H2,1-2H3. The predicted octanol–water partition coefficient (Wildman–Crippen LogP) is -0.229. The van der Waals surface area contributed by atoms with Gasteiger partial charge in [0.15, 0.2) is 0 Å². The zero-order valence-corrected chi connectivity index (χ0v) is 11.3. The van der Waals surface area contributed by atoms with E-state index in [1.807, 2.05) is 13.8 Å². The van der Waals surface area contributed by atoms with Crippen LogP contribution in [0.4, 0.5) is 0 Å². The molecule has 2 fully saturated rings. The fourth-order valence-electron chi connectivity index (χ4n) is 2.61. The quantitative estimate of drug-likeness (QED) is 0.721. The lowest BCUT2D eigenvalue weighted by molar-refractivity contribution is -0.000515. The largest absolute Gasteiger partial charge is 0.392 e. The SMILES string of the molecule is CC1(C)CN(S(=O)(=O)C2CCNC2)CCC1O. The number of hydrogen-bond donors (Lipinski definition) is 2. The second-order valence-electron chi connectivity index (χ2n) is 5.79. The lowest BCUT2D eigenvalue weighted by atomic mass is 9.82. The molecule has 2 N–H and O–H groups in total. The third-order valence-corrected chi connectivity index (χ3v) is 6.21. The second-order valence-corrected chi connectivity index (χ2v) is 8.00. The van der Waals surface area contributed by atoms with Crippen LogP contribution in [0.5, 0.6) is 0 Å². The van der Waals surface area contributed by atoms with Crippen LogP contribution >= 0.6 is 0 Å². The summed E-state index contributed by atoms with van der Waals surface area (Å²) in [6.45, 7) is 6.06. The van der Waals surface area contributed by atoms with Crippen molar-refractivity contribution in [2.24, 2.45) is 5.41 Å². The molecule has 2 unspecified atom stereocenters. The van der Waals surface area contributed by atoms with Crippen LogP contribution in [0.25, 0.3) is 0 Å². The second kappa shape index (κ2) is 4.50. The smallest absolute Gasteiger partial charge is 0.218 e. The minimum atomic E-state index is -3.20. The van der Waals surface area contributed by atoms with Crippen LogP contribution in [0.15, 0.2) is 0 Å². The first kappa shape index (κ1) is 13.3. The number of sulfonamides is 1. The van der Waals surface area contributed by atoms with Crippen molar-refractivity contribution in [2.45, 2.75) is 38.0 Å². The molecule has 2 saturated heterocycles. The van der Waals surface area contributed by atoms with Crippen molar-refractivity contribution in [3.05, 3.63) is 0 Å². The topological polar surface area (TPSA) is 69.6 Å². The molecule has 0 aromatic heterocycles. The first-order valence-corrected chi connectivity index (χ1v) is 7.72. The zero-order chi connectivity index (χ0) is 12.7. The van der Waals surface area contributed by atoms with E-state index in [4.69, 9.17) is 0 Å². The number of aliphatic hydroxyl groups is 1. The van der Waals surface area contributed by atoms with Gasteiger partial charge in [0.1, 0.15) is 0 Å². The van der Waals surface area contributed by atoms with Crippen LogP contribution in [-0.4, -0.2) is 55.4 Å². The van der Waals surface area contributed by atoms with E-state index in [0.29, 0.717) is 32.5 Å². The normalized spacial score (nSPS) is 35.0. The Morgan fingerprint density at radius 2 is 2.06 bits per heavy atom. The van der Waals surface area contributed by atoms with Crippen molar-refractivity contribution < 1.29 is 13.5 Å². The number of nitrogens with one attached hydrogen (secondary N) is 1. The summed E-state index contributed by atoms with van der Waals surface area (Å²) < 4.78 is 26.3. The number of piperidine rings is 1. The van der Waals surface area contributed by atoms with E-state index in [1.54, 1.807) is 4.31 Å². The van der Waals surface area contributed by atoms with Gasteiger partial charge in [0.05, 0.1) is 11.4 Å². The summed E-state index contributed by atoms with van der Waals surface area (Å²) in [6, 6.07) is 0. The highest BCUT2D eigenvalue weighted by atomic mass is 32.2. The Labute approximate surface area is 103 Å². The Morgan fingerprint density at radius 3 is 2.59 bits per heavy atom. The maximum absolute atomic E-state index is 12.4. The molecule has 0 aromatic carbocycles. The number of aliphatic hydroxyl groups excluding tert-OH is 1. The van der Waals surface area contributed by atoms with Crippen LogP contribution in [0.2, 0.25) is 0 Å². The third kappa shape index (κ3) is 2.50. The van der Waals surface area contributed by atoms with Gasteiger partial charge in [-0.3, -0.25) is 0 Å². The van der Waals surface area contributed by atoms with Gasteiger partial charge < -0.3 is 10.4 Å². The Balaban J connectivity index is 2.12. The van der Waals surface area contributed by atoms with Gasteiger partial charge >= 0.3 is 0 Å². The maximum Gasteiger partial charge on any atom is 0.218 e.